The number of amides is 1. The summed E-state index contributed by atoms with van der Waals surface area (Å²) in [5.41, 5.74) is 3.74. The summed E-state index contributed by atoms with van der Waals surface area (Å²) in [5, 5.41) is 10.1. The van der Waals surface area contributed by atoms with Crippen LogP contribution in [0.2, 0.25) is 0 Å². The molecule has 2 atom stereocenters. The number of hydroxylamine groups is 1. The highest BCUT2D eigenvalue weighted by Crippen LogP contribution is 2.09. The molecule has 0 aliphatic carbocycles. The minimum Gasteiger partial charge on any atom is -0.467 e. The van der Waals surface area contributed by atoms with Gasteiger partial charge in [0.1, 0.15) is 0 Å². The standard InChI is InChI=1S/C19H21NO6/c1-24-19(23)17(25-12-14-8-4-2-5-9-14)16(21)18(22)20-26-13-15-10-6-3-7-11-15/h2-11,16-17,21H,12-13H2,1H3,(H,20,22)/t16-,17-/m1/s1. The van der Waals surface area contributed by atoms with Gasteiger partial charge in [-0.15, -0.1) is 0 Å². The van der Waals surface area contributed by atoms with Crippen molar-refractivity contribution in [2.75, 3.05) is 7.11 Å². The third-order valence-electron chi connectivity index (χ3n) is 3.52. The number of aliphatic hydroxyl groups is 1. The van der Waals surface area contributed by atoms with Crippen LogP contribution in [0.4, 0.5) is 0 Å². The van der Waals surface area contributed by atoms with Gasteiger partial charge in [0.2, 0.25) is 0 Å². The van der Waals surface area contributed by atoms with Gasteiger partial charge in [-0.25, -0.2) is 10.3 Å². The molecule has 138 valence electrons. The summed E-state index contributed by atoms with van der Waals surface area (Å²) in [6, 6.07) is 18.2. The van der Waals surface area contributed by atoms with Crippen molar-refractivity contribution in [3.8, 4) is 0 Å². The van der Waals surface area contributed by atoms with E-state index in [1.807, 2.05) is 48.5 Å². The lowest BCUT2D eigenvalue weighted by Crippen LogP contribution is -2.47. The smallest absolute Gasteiger partial charge is 0.338 e. The molecule has 0 aliphatic heterocycles. The summed E-state index contributed by atoms with van der Waals surface area (Å²) < 4.78 is 9.99. The lowest BCUT2D eigenvalue weighted by Gasteiger charge is -2.20. The van der Waals surface area contributed by atoms with Crippen molar-refractivity contribution < 1.29 is 29.0 Å². The zero-order valence-electron chi connectivity index (χ0n) is 14.3. The van der Waals surface area contributed by atoms with Crippen LogP contribution in [-0.2, 0) is 37.1 Å². The fourth-order valence-corrected chi connectivity index (χ4v) is 2.13. The summed E-state index contributed by atoms with van der Waals surface area (Å²) in [4.78, 5) is 28.9. The van der Waals surface area contributed by atoms with E-state index >= 15 is 0 Å². The Bertz CT molecular complexity index is 692. The third kappa shape index (κ3) is 5.96. The Morgan fingerprint density at radius 3 is 2.04 bits per heavy atom. The number of carbonyl (C=O) groups is 2. The number of nitrogens with one attached hydrogen (secondary N) is 1. The first kappa shape index (κ1) is 19.6. The van der Waals surface area contributed by atoms with E-state index in [9.17, 15) is 14.7 Å². The van der Waals surface area contributed by atoms with Gasteiger partial charge in [-0.3, -0.25) is 9.63 Å². The Morgan fingerprint density at radius 1 is 0.962 bits per heavy atom. The normalized spacial score (nSPS) is 12.8. The van der Waals surface area contributed by atoms with E-state index in [0.29, 0.717) is 0 Å². The van der Waals surface area contributed by atoms with Crippen LogP contribution in [0.1, 0.15) is 11.1 Å². The fraction of sp³-hybridized carbons (Fsp3) is 0.263. The minimum atomic E-state index is -1.78. The van der Waals surface area contributed by atoms with Crippen LogP contribution in [0.15, 0.2) is 60.7 Å². The van der Waals surface area contributed by atoms with Crippen molar-refractivity contribution in [2.24, 2.45) is 0 Å². The molecule has 0 unspecified atom stereocenters. The SMILES string of the molecule is COC(=O)[C@H](OCc1ccccc1)[C@@H](O)C(=O)NOCc1ccccc1. The zero-order valence-corrected chi connectivity index (χ0v) is 14.3. The van der Waals surface area contributed by atoms with Crippen molar-refractivity contribution in [3.63, 3.8) is 0 Å². The van der Waals surface area contributed by atoms with Crippen molar-refractivity contribution in [2.45, 2.75) is 25.4 Å². The van der Waals surface area contributed by atoms with E-state index < -0.39 is 24.1 Å². The largest absolute Gasteiger partial charge is 0.467 e. The maximum Gasteiger partial charge on any atom is 0.338 e. The molecular formula is C19H21NO6. The van der Waals surface area contributed by atoms with E-state index in [4.69, 9.17) is 9.57 Å². The van der Waals surface area contributed by atoms with E-state index in [1.54, 1.807) is 12.1 Å². The number of methoxy groups -OCH3 is 1. The summed E-state index contributed by atoms with van der Waals surface area (Å²) in [6.45, 7) is 0.156. The van der Waals surface area contributed by atoms with E-state index in [1.165, 1.54) is 0 Å². The van der Waals surface area contributed by atoms with Gasteiger partial charge in [-0.1, -0.05) is 60.7 Å². The van der Waals surface area contributed by atoms with Gasteiger partial charge in [-0.05, 0) is 11.1 Å². The van der Waals surface area contributed by atoms with Crippen molar-refractivity contribution in [3.05, 3.63) is 71.8 Å². The van der Waals surface area contributed by atoms with E-state index in [-0.39, 0.29) is 13.2 Å². The van der Waals surface area contributed by atoms with Gasteiger partial charge in [0.25, 0.3) is 5.91 Å². The summed E-state index contributed by atoms with van der Waals surface area (Å²) in [7, 11) is 1.15. The van der Waals surface area contributed by atoms with Crippen molar-refractivity contribution in [1.29, 1.82) is 0 Å². The second-order valence-electron chi connectivity index (χ2n) is 5.43. The molecule has 0 radical (unpaired) electrons. The first-order valence-electron chi connectivity index (χ1n) is 7.99. The number of rotatable bonds is 9. The highest BCUT2D eigenvalue weighted by molar-refractivity contribution is 5.87. The molecule has 0 fully saturated rings. The van der Waals surface area contributed by atoms with Crippen LogP contribution in [0.5, 0.6) is 0 Å². The number of aliphatic hydroxyl groups excluding tert-OH is 1. The molecule has 2 aromatic carbocycles. The maximum absolute atomic E-state index is 12.0. The van der Waals surface area contributed by atoms with Crippen LogP contribution in [-0.4, -0.2) is 36.3 Å². The maximum atomic E-state index is 12.0. The van der Waals surface area contributed by atoms with Crippen LogP contribution >= 0.6 is 0 Å². The van der Waals surface area contributed by atoms with E-state index in [2.05, 4.69) is 10.2 Å². The van der Waals surface area contributed by atoms with E-state index in [0.717, 1.165) is 18.2 Å². The van der Waals surface area contributed by atoms with Crippen LogP contribution in [0.25, 0.3) is 0 Å². The van der Waals surface area contributed by atoms with Crippen molar-refractivity contribution >= 4 is 11.9 Å². The molecule has 0 spiro atoms. The number of hydrogen-bond acceptors (Lipinski definition) is 6. The Labute approximate surface area is 151 Å². The number of ether oxygens (including phenoxy) is 2. The Balaban J connectivity index is 1.88. The molecule has 7 heteroatoms. The molecule has 7 nitrogen and oxygen atoms in total. The highest BCUT2D eigenvalue weighted by atomic mass is 16.7. The highest BCUT2D eigenvalue weighted by Gasteiger charge is 2.34. The molecule has 26 heavy (non-hydrogen) atoms. The molecule has 2 N–H and O–H groups in total. The lowest BCUT2D eigenvalue weighted by molar-refractivity contribution is -0.172. The third-order valence-corrected chi connectivity index (χ3v) is 3.52. The molecule has 0 saturated carbocycles. The first-order chi connectivity index (χ1) is 12.6. The summed E-state index contributed by atoms with van der Waals surface area (Å²) in [5.74, 6) is -1.75. The van der Waals surface area contributed by atoms with Crippen LogP contribution in [0.3, 0.4) is 0 Å². The van der Waals surface area contributed by atoms with Crippen molar-refractivity contribution in [1.82, 2.24) is 5.48 Å². The first-order valence-corrected chi connectivity index (χ1v) is 7.99. The Morgan fingerprint density at radius 2 is 1.50 bits per heavy atom. The minimum absolute atomic E-state index is 0.0375. The monoisotopic (exact) mass is 359 g/mol. The molecule has 0 aliphatic rings. The van der Waals surface area contributed by atoms with Gasteiger partial charge in [0.05, 0.1) is 20.3 Å². The van der Waals surface area contributed by atoms with Gasteiger partial charge in [-0.2, -0.15) is 0 Å². The number of benzene rings is 2. The second-order valence-corrected chi connectivity index (χ2v) is 5.43. The van der Waals surface area contributed by atoms with Crippen LogP contribution < -0.4 is 5.48 Å². The predicted octanol–water partition coefficient (Wildman–Crippen LogP) is 1.35. The fourth-order valence-electron chi connectivity index (χ4n) is 2.13. The quantitative estimate of drug-likeness (QED) is 0.519. The zero-order chi connectivity index (χ0) is 18.8. The molecule has 2 aromatic rings. The predicted molar refractivity (Wildman–Crippen MR) is 92.4 cm³/mol. The second kappa shape index (κ2) is 10.3. The summed E-state index contributed by atoms with van der Waals surface area (Å²) in [6.07, 6.45) is -3.25. The van der Waals surface area contributed by atoms with Gasteiger partial charge < -0.3 is 14.6 Å². The number of carbonyl (C=O) groups excluding carboxylic acids is 2. The van der Waals surface area contributed by atoms with Gasteiger partial charge in [0.15, 0.2) is 12.2 Å². The molecule has 2 rings (SSSR count). The van der Waals surface area contributed by atoms with Crippen LogP contribution in [0, 0.1) is 0 Å². The molecule has 0 heterocycles. The van der Waals surface area contributed by atoms with Gasteiger partial charge in [0, 0.05) is 0 Å². The molecule has 0 aromatic heterocycles. The molecular weight excluding hydrogens is 338 g/mol. The summed E-state index contributed by atoms with van der Waals surface area (Å²) >= 11 is 0. The molecule has 0 bridgehead atoms. The molecule has 1 amide bonds. The number of hydrogen-bond donors (Lipinski definition) is 2. The van der Waals surface area contributed by atoms with Gasteiger partial charge >= 0.3 is 5.97 Å². The number of esters is 1. The average Bonchev–Trinajstić information content (AvgIpc) is 2.69. The Hall–Kier alpha value is -2.74. The Kier molecular flexibility index (Phi) is 7.75. The topological polar surface area (TPSA) is 94.1 Å². The molecule has 0 saturated heterocycles. The average molecular weight is 359 g/mol. The lowest BCUT2D eigenvalue weighted by atomic mass is 10.2.